The van der Waals surface area contributed by atoms with E-state index in [2.05, 4.69) is 20.4 Å². The molecular weight excluding hydrogens is 460 g/mol. The topological polar surface area (TPSA) is 89.9 Å². The fourth-order valence-corrected chi connectivity index (χ4v) is 4.09. The molecule has 8 nitrogen and oxygen atoms in total. The number of halogens is 1. The third-order valence-corrected chi connectivity index (χ3v) is 6.14. The van der Waals surface area contributed by atoms with E-state index in [1.165, 1.54) is 17.3 Å². The van der Waals surface area contributed by atoms with E-state index in [9.17, 15) is 4.79 Å². The Morgan fingerprint density at radius 1 is 1.09 bits per heavy atom. The Morgan fingerprint density at radius 3 is 2.52 bits per heavy atom. The van der Waals surface area contributed by atoms with Crippen LogP contribution >= 0.6 is 23.4 Å². The fraction of sp³-hybridized carbons (Fsp3) is 0.261. The molecule has 2 heterocycles. The number of aryl methyl sites for hydroxylation is 1. The number of benzene rings is 2. The predicted octanol–water partition coefficient (Wildman–Crippen LogP) is 4.81. The van der Waals surface area contributed by atoms with E-state index in [0.717, 1.165) is 11.3 Å². The Bertz CT molecular complexity index is 1220. The van der Waals surface area contributed by atoms with E-state index in [0.29, 0.717) is 22.0 Å². The minimum atomic E-state index is -0.0558. The summed E-state index contributed by atoms with van der Waals surface area (Å²) in [5, 5.41) is 17.7. The molecule has 2 aromatic carbocycles. The van der Waals surface area contributed by atoms with Crippen molar-refractivity contribution in [3.05, 3.63) is 71.3 Å². The highest BCUT2D eigenvalue weighted by molar-refractivity contribution is 7.99. The molecule has 0 bridgehead atoms. The lowest BCUT2D eigenvalue weighted by Crippen LogP contribution is -2.37. The highest BCUT2D eigenvalue weighted by Crippen LogP contribution is 2.23. The maximum atomic E-state index is 13.0. The van der Waals surface area contributed by atoms with Gasteiger partial charge in [-0.15, -0.1) is 20.4 Å². The van der Waals surface area contributed by atoms with Gasteiger partial charge in [0.25, 0.3) is 0 Å². The van der Waals surface area contributed by atoms with Crippen LogP contribution in [-0.2, 0) is 11.3 Å². The Labute approximate surface area is 201 Å². The first-order valence-electron chi connectivity index (χ1n) is 10.4. The summed E-state index contributed by atoms with van der Waals surface area (Å²) in [7, 11) is 0. The van der Waals surface area contributed by atoms with Crippen molar-refractivity contribution < 1.29 is 9.21 Å². The van der Waals surface area contributed by atoms with Crippen LogP contribution in [-0.4, -0.2) is 47.6 Å². The van der Waals surface area contributed by atoms with Crippen molar-refractivity contribution in [1.82, 2.24) is 29.9 Å². The third kappa shape index (κ3) is 5.61. The second-order valence-electron chi connectivity index (χ2n) is 7.73. The van der Waals surface area contributed by atoms with Crippen LogP contribution in [0.5, 0.6) is 0 Å². The zero-order valence-electron chi connectivity index (χ0n) is 18.5. The molecule has 4 aromatic rings. The van der Waals surface area contributed by atoms with Gasteiger partial charge in [0, 0.05) is 22.3 Å². The van der Waals surface area contributed by atoms with E-state index in [-0.39, 0.29) is 24.2 Å². The first-order valence-corrected chi connectivity index (χ1v) is 11.7. The molecule has 0 aliphatic heterocycles. The van der Waals surface area contributed by atoms with Gasteiger partial charge in [-0.25, -0.2) is 0 Å². The van der Waals surface area contributed by atoms with Gasteiger partial charge in [-0.05, 0) is 57.2 Å². The van der Waals surface area contributed by atoms with Crippen LogP contribution in [0.4, 0.5) is 0 Å². The van der Waals surface area contributed by atoms with Crippen LogP contribution in [0.25, 0.3) is 17.1 Å². The number of hydrogen-bond acceptors (Lipinski definition) is 7. The van der Waals surface area contributed by atoms with Crippen molar-refractivity contribution in [2.24, 2.45) is 0 Å². The molecule has 33 heavy (non-hydrogen) atoms. The normalized spacial score (nSPS) is 11.2. The lowest BCUT2D eigenvalue weighted by Gasteiger charge is -2.25. The van der Waals surface area contributed by atoms with Crippen molar-refractivity contribution in [1.29, 1.82) is 0 Å². The molecule has 0 aliphatic carbocycles. The summed E-state index contributed by atoms with van der Waals surface area (Å²) < 4.78 is 7.65. The van der Waals surface area contributed by atoms with Gasteiger partial charge in [-0.3, -0.25) is 9.36 Å². The smallest absolute Gasteiger partial charge is 0.247 e. The molecule has 10 heteroatoms. The molecule has 4 rings (SSSR count). The van der Waals surface area contributed by atoms with Crippen LogP contribution in [0.15, 0.2) is 64.4 Å². The van der Waals surface area contributed by atoms with Crippen molar-refractivity contribution >= 4 is 29.3 Å². The molecule has 1 amide bonds. The zero-order valence-corrected chi connectivity index (χ0v) is 20.0. The van der Waals surface area contributed by atoms with Gasteiger partial charge in [-0.2, -0.15) is 0 Å². The minimum absolute atomic E-state index is 0.0426. The third-order valence-electron chi connectivity index (χ3n) is 4.96. The van der Waals surface area contributed by atoms with Crippen LogP contribution in [0.1, 0.15) is 25.3 Å². The summed E-state index contributed by atoms with van der Waals surface area (Å²) in [6, 6.07) is 15.2. The SMILES string of the molecule is Cc1ccc(-n2cnnc2SCC(=O)N(Cc2nnc(-c3ccc(Cl)cc3)o2)C(C)C)cc1. The number of hydrogen-bond donors (Lipinski definition) is 0. The summed E-state index contributed by atoms with van der Waals surface area (Å²) in [6.45, 7) is 6.16. The van der Waals surface area contributed by atoms with E-state index in [1.54, 1.807) is 23.4 Å². The Morgan fingerprint density at radius 2 is 1.82 bits per heavy atom. The second kappa shape index (κ2) is 10.2. The van der Waals surface area contributed by atoms with E-state index < -0.39 is 0 Å². The van der Waals surface area contributed by atoms with Crippen LogP contribution < -0.4 is 0 Å². The Balaban J connectivity index is 1.42. The molecule has 170 valence electrons. The molecule has 2 aromatic heterocycles. The predicted molar refractivity (Wildman–Crippen MR) is 127 cm³/mol. The van der Waals surface area contributed by atoms with Gasteiger partial charge < -0.3 is 9.32 Å². The summed E-state index contributed by atoms with van der Waals surface area (Å²) in [5.41, 5.74) is 2.89. The van der Waals surface area contributed by atoms with E-state index in [1.807, 2.05) is 61.7 Å². The Hall–Kier alpha value is -3.17. The lowest BCUT2D eigenvalue weighted by atomic mass is 10.2. The zero-order chi connectivity index (χ0) is 23.4. The standard InChI is InChI=1S/C23H23ClN6O2S/c1-15(2)29(12-20-26-27-22(32-20)17-6-8-18(24)9-7-17)21(31)13-33-23-28-25-14-30(23)19-10-4-16(3)5-11-19/h4-11,14-15H,12-13H2,1-3H3. The lowest BCUT2D eigenvalue weighted by molar-refractivity contribution is -0.131. The highest BCUT2D eigenvalue weighted by Gasteiger charge is 2.22. The van der Waals surface area contributed by atoms with Crippen molar-refractivity contribution in [3.63, 3.8) is 0 Å². The van der Waals surface area contributed by atoms with Gasteiger partial charge >= 0.3 is 0 Å². The first kappa shape index (κ1) is 23.0. The Kier molecular flexibility index (Phi) is 7.10. The largest absolute Gasteiger partial charge is 0.419 e. The number of aromatic nitrogens is 5. The molecule has 0 fully saturated rings. The maximum Gasteiger partial charge on any atom is 0.247 e. The van der Waals surface area contributed by atoms with Crippen molar-refractivity contribution in [3.8, 4) is 17.1 Å². The number of thioether (sulfide) groups is 1. The van der Waals surface area contributed by atoms with E-state index in [4.69, 9.17) is 16.0 Å². The molecule has 0 radical (unpaired) electrons. The minimum Gasteiger partial charge on any atom is -0.419 e. The number of carbonyl (C=O) groups excluding carboxylic acids is 1. The summed E-state index contributed by atoms with van der Waals surface area (Å²) >= 11 is 7.28. The summed E-state index contributed by atoms with van der Waals surface area (Å²) in [6.07, 6.45) is 1.65. The number of nitrogens with zero attached hydrogens (tertiary/aromatic N) is 6. The molecule has 0 aliphatic rings. The molecule has 0 saturated heterocycles. The quantitative estimate of drug-likeness (QED) is 0.333. The summed E-state index contributed by atoms with van der Waals surface area (Å²) in [5.74, 6) is 0.911. The maximum absolute atomic E-state index is 13.0. The number of carbonyl (C=O) groups is 1. The summed E-state index contributed by atoms with van der Waals surface area (Å²) in [4.78, 5) is 14.7. The van der Waals surface area contributed by atoms with Gasteiger partial charge in [0.1, 0.15) is 6.33 Å². The van der Waals surface area contributed by atoms with Gasteiger partial charge in [-0.1, -0.05) is 41.1 Å². The number of rotatable bonds is 8. The monoisotopic (exact) mass is 482 g/mol. The molecule has 0 spiro atoms. The fourth-order valence-electron chi connectivity index (χ4n) is 3.15. The van der Waals surface area contributed by atoms with Crippen LogP contribution in [0.2, 0.25) is 5.02 Å². The average molecular weight is 483 g/mol. The van der Waals surface area contributed by atoms with Crippen molar-refractivity contribution in [2.75, 3.05) is 5.75 Å². The van der Waals surface area contributed by atoms with Gasteiger partial charge in [0.05, 0.1) is 12.3 Å². The van der Waals surface area contributed by atoms with E-state index >= 15 is 0 Å². The van der Waals surface area contributed by atoms with Gasteiger partial charge in [0.2, 0.25) is 17.7 Å². The van der Waals surface area contributed by atoms with Crippen LogP contribution in [0, 0.1) is 6.92 Å². The average Bonchev–Trinajstić information content (AvgIpc) is 3.46. The molecule has 0 saturated carbocycles. The second-order valence-corrected chi connectivity index (χ2v) is 9.11. The van der Waals surface area contributed by atoms with Gasteiger partial charge in [0.15, 0.2) is 5.16 Å². The molecular formula is C23H23ClN6O2S. The van der Waals surface area contributed by atoms with Crippen molar-refractivity contribution in [2.45, 2.75) is 38.5 Å². The molecule has 0 atom stereocenters. The van der Waals surface area contributed by atoms with Crippen LogP contribution in [0.3, 0.4) is 0 Å². The molecule has 0 unspecified atom stereocenters. The first-order chi connectivity index (χ1) is 15.9. The number of amides is 1. The highest BCUT2D eigenvalue weighted by atomic mass is 35.5. The molecule has 0 N–H and O–H groups in total.